The maximum absolute atomic E-state index is 11.8. The van der Waals surface area contributed by atoms with Gasteiger partial charge < -0.3 is 15.8 Å². The lowest BCUT2D eigenvalue weighted by molar-refractivity contribution is -0.117. The van der Waals surface area contributed by atoms with Crippen LogP contribution in [-0.2, 0) is 4.79 Å². The van der Waals surface area contributed by atoms with Crippen LogP contribution in [0.3, 0.4) is 0 Å². The average molecular weight is 268 g/mol. The summed E-state index contributed by atoms with van der Waals surface area (Å²) in [7, 11) is 0. The highest BCUT2D eigenvalue weighted by Crippen LogP contribution is 2.17. The van der Waals surface area contributed by atoms with Gasteiger partial charge in [-0.15, -0.1) is 0 Å². The minimum absolute atomic E-state index is 0.155. The molecule has 0 heterocycles. The number of nitrogens with one attached hydrogen (secondary N) is 1. The van der Waals surface area contributed by atoms with Gasteiger partial charge in [0.05, 0.1) is 12.6 Å². The van der Waals surface area contributed by atoms with Gasteiger partial charge in [0.1, 0.15) is 5.75 Å². The number of anilines is 1. The maximum atomic E-state index is 11.8. The van der Waals surface area contributed by atoms with Crippen LogP contribution in [0.1, 0.15) is 13.3 Å². The summed E-state index contributed by atoms with van der Waals surface area (Å²) >= 11 is 1.68. The van der Waals surface area contributed by atoms with Crippen LogP contribution < -0.4 is 15.8 Å². The van der Waals surface area contributed by atoms with Crippen molar-refractivity contribution in [3.8, 4) is 5.75 Å². The second kappa shape index (κ2) is 8.00. The third kappa shape index (κ3) is 4.98. The molecule has 0 aromatic heterocycles. The van der Waals surface area contributed by atoms with Gasteiger partial charge in [-0.05, 0) is 37.5 Å². The van der Waals surface area contributed by atoms with Crippen molar-refractivity contribution in [1.29, 1.82) is 0 Å². The first-order valence-electron chi connectivity index (χ1n) is 5.95. The highest BCUT2D eigenvalue weighted by Gasteiger charge is 2.13. The second-order valence-electron chi connectivity index (χ2n) is 3.84. The van der Waals surface area contributed by atoms with E-state index in [4.69, 9.17) is 10.5 Å². The molecule has 1 atom stereocenters. The Balaban J connectivity index is 2.55. The van der Waals surface area contributed by atoms with Crippen LogP contribution >= 0.6 is 11.8 Å². The number of carbonyl (C=O) groups excluding carboxylic acids is 1. The van der Waals surface area contributed by atoms with Crippen LogP contribution in [0.2, 0.25) is 0 Å². The highest BCUT2D eigenvalue weighted by atomic mass is 32.2. The number of thioether (sulfide) groups is 1. The zero-order valence-corrected chi connectivity index (χ0v) is 11.6. The number of benzene rings is 1. The Morgan fingerprint density at radius 3 is 3.00 bits per heavy atom. The molecule has 3 N–H and O–H groups in total. The van der Waals surface area contributed by atoms with E-state index in [0.29, 0.717) is 18.7 Å². The number of hydrogen-bond acceptors (Lipinski definition) is 4. The third-order valence-electron chi connectivity index (χ3n) is 2.38. The smallest absolute Gasteiger partial charge is 0.241 e. The van der Waals surface area contributed by atoms with E-state index in [1.165, 1.54) is 0 Å². The van der Waals surface area contributed by atoms with Crippen molar-refractivity contribution < 1.29 is 9.53 Å². The normalized spacial score (nSPS) is 11.9. The van der Waals surface area contributed by atoms with E-state index in [1.54, 1.807) is 17.8 Å². The molecule has 4 nitrogen and oxygen atoms in total. The molecular weight excluding hydrogens is 248 g/mol. The Bertz CT molecular complexity index is 385. The summed E-state index contributed by atoms with van der Waals surface area (Å²) in [6.07, 6.45) is 2.67. The lowest BCUT2D eigenvalue weighted by Crippen LogP contribution is -2.36. The lowest BCUT2D eigenvalue weighted by atomic mass is 10.2. The molecule has 0 radical (unpaired) electrons. The van der Waals surface area contributed by atoms with Gasteiger partial charge in [-0.3, -0.25) is 4.79 Å². The van der Waals surface area contributed by atoms with E-state index in [2.05, 4.69) is 5.32 Å². The van der Waals surface area contributed by atoms with E-state index >= 15 is 0 Å². The third-order valence-corrected chi connectivity index (χ3v) is 3.03. The molecule has 0 fully saturated rings. The molecule has 0 saturated carbocycles. The van der Waals surface area contributed by atoms with Gasteiger partial charge in [0.25, 0.3) is 0 Å². The molecular formula is C13H20N2O2S. The summed E-state index contributed by atoms with van der Waals surface area (Å²) in [4.78, 5) is 11.8. The van der Waals surface area contributed by atoms with Crippen molar-refractivity contribution in [2.45, 2.75) is 19.4 Å². The van der Waals surface area contributed by atoms with Crippen LogP contribution in [-0.4, -0.2) is 30.6 Å². The maximum Gasteiger partial charge on any atom is 0.241 e. The van der Waals surface area contributed by atoms with Gasteiger partial charge >= 0.3 is 0 Å². The summed E-state index contributed by atoms with van der Waals surface area (Å²) in [6.45, 7) is 2.52. The second-order valence-corrected chi connectivity index (χ2v) is 4.82. The van der Waals surface area contributed by atoms with Crippen molar-refractivity contribution in [3.63, 3.8) is 0 Å². The molecule has 18 heavy (non-hydrogen) atoms. The van der Waals surface area contributed by atoms with E-state index < -0.39 is 6.04 Å². The molecule has 0 saturated heterocycles. The molecule has 100 valence electrons. The molecule has 0 aliphatic heterocycles. The first-order valence-corrected chi connectivity index (χ1v) is 7.35. The molecule has 0 aliphatic carbocycles. The van der Waals surface area contributed by atoms with Crippen molar-refractivity contribution in [3.05, 3.63) is 24.3 Å². The van der Waals surface area contributed by atoms with Gasteiger partial charge in [0.15, 0.2) is 0 Å². The first kappa shape index (κ1) is 14.9. The van der Waals surface area contributed by atoms with Crippen LogP contribution in [0.25, 0.3) is 0 Å². The molecule has 0 spiro atoms. The van der Waals surface area contributed by atoms with Gasteiger partial charge in [-0.25, -0.2) is 0 Å². The van der Waals surface area contributed by atoms with Crippen LogP contribution in [0.15, 0.2) is 24.3 Å². The van der Waals surface area contributed by atoms with Gasteiger partial charge in [0, 0.05) is 11.8 Å². The van der Waals surface area contributed by atoms with Crippen molar-refractivity contribution >= 4 is 23.4 Å². The Morgan fingerprint density at radius 2 is 2.33 bits per heavy atom. The number of nitrogens with two attached hydrogens (primary N) is 1. The summed E-state index contributed by atoms with van der Waals surface area (Å²) in [5.74, 6) is 1.47. The fourth-order valence-electron chi connectivity index (χ4n) is 1.44. The average Bonchev–Trinajstić information content (AvgIpc) is 2.36. The molecule has 1 aromatic rings. The van der Waals surface area contributed by atoms with Crippen molar-refractivity contribution in [2.24, 2.45) is 5.73 Å². The van der Waals surface area contributed by atoms with Crippen LogP contribution in [0.5, 0.6) is 5.75 Å². The monoisotopic (exact) mass is 268 g/mol. The summed E-state index contributed by atoms with van der Waals surface area (Å²) in [5, 5.41) is 2.80. The summed E-state index contributed by atoms with van der Waals surface area (Å²) < 4.78 is 5.37. The molecule has 1 amide bonds. The Morgan fingerprint density at radius 1 is 1.56 bits per heavy atom. The molecule has 1 rings (SSSR count). The van der Waals surface area contributed by atoms with E-state index in [1.807, 2.05) is 31.4 Å². The summed E-state index contributed by atoms with van der Waals surface area (Å²) in [5.41, 5.74) is 6.50. The number of ether oxygens (including phenoxy) is 1. The quantitative estimate of drug-likeness (QED) is 0.795. The first-order chi connectivity index (χ1) is 8.67. The standard InChI is InChI=1S/C13H20N2O2S/c1-3-17-11-6-4-5-10(9-11)15-13(16)12(14)7-8-18-2/h4-6,9,12H,3,7-8,14H2,1-2H3,(H,15,16)/t12-/m1/s1. The molecule has 0 aliphatic rings. The molecule has 0 unspecified atom stereocenters. The number of amides is 1. The van der Waals surface area contributed by atoms with Crippen molar-refractivity contribution in [2.75, 3.05) is 23.9 Å². The van der Waals surface area contributed by atoms with E-state index in [0.717, 1.165) is 11.5 Å². The summed E-state index contributed by atoms with van der Waals surface area (Å²) in [6, 6.07) is 6.85. The number of rotatable bonds is 7. The molecule has 5 heteroatoms. The van der Waals surface area contributed by atoms with E-state index in [9.17, 15) is 4.79 Å². The molecule has 0 bridgehead atoms. The van der Waals surface area contributed by atoms with Gasteiger partial charge in [0.2, 0.25) is 5.91 Å². The van der Waals surface area contributed by atoms with Crippen molar-refractivity contribution in [1.82, 2.24) is 0 Å². The largest absolute Gasteiger partial charge is 0.494 e. The van der Waals surface area contributed by atoms with Gasteiger partial charge in [-0.1, -0.05) is 6.07 Å². The van der Waals surface area contributed by atoms with Crippen LogP contribution in [0, 0.1) is 0 Å². The Kier molecular flexibility index (Phi) is 6.60. The fraction of sp³-hybridized carbons (Fsp3) is 0.462. The highest BCUT2D eigenvalue weighted by molar-refractivity contribution is 7.98. The fourth-order valence-corrected chi connectivity index (χ4v) is 1.93. The minimum Gasteiger partial charge on any atom is -0.494 e. The minimum atomic E-state index is -0.465. The number of carbonyl (C=O) groups is 1. The number of hydrogen-bond donors (Lipinski definition) is 2. The molecule has 1 aromatic carbocycles. The SMILES string of the molecule is CCOc1cccc(NC(=O)[C@H](N)CCSC)c1. The Hall–Kier alpha value is -1.20. The van der Waals surface area contributed by atoms with E-state index in [-0.39, 0.29) is 5.91 Å². The van der Waals surface area contributed by atoms with Gasteiger partial charge in [-0.2, -0.15) is 11.8 Å². The lowest BCUT2D eigenvalue weighted by Gasteiger charge is -2.12. The predicted molar refractivity (Wildman–Crippen MR) is 77.2 cm³/mol. The zero-order valence-electron chi connectivity index (χ0n) is 10.8. The predicted octanol–water partition coefficient (Wildman–Crippen LogP) is 2.10. The topological polar surface area (TPSA) is 64.3 Å². The van der Waals surface area contributed by atoms with Crippen LogP contribution in [0.4, 0.5) is 5.69 Å². The Labute approximate surface area is 112 Å². The zero-order chi connectivity index (χ0) is 13.4.